The standard InChI is InChI=1S/C13H17N3O/c1-11(2)10-16(8-4-6-14)13(17)12-5-3-7-15-9-12/h3,5,7,9,11H,4,8,10H2,1-2H3. The minimum absolute atomic E-state index is 0.0537. The zero-order chi connectivity index (χ0) is 12.7. The Morgan fingerprint density at radius 3 is 2.88 bits per heavy atom. The number of hydrogen-bond donors (Lipinski definition) is 0. The van der Waals surface area contributed by atoms with E-state index < -0.39 is 0 Å². The topological polar surface area (TPSA) is 57.0 Å². The lowest BCUT2D eigenvalue weighted by Gasteiger charge is -2.23. The second kappa shape index (κ2) is 6.64. The lowest BCUT2D eigenvalue weighted by molar-refractivity contribution is 0.0739. The molecular weight excluding hydrogens is 214 g/mol. The quantitative estimate of drug-likeness (QED) is 0.779. The number of hydrogen-bond acceptors (Lipinski definition) is 3. The summed E-state index contributed by atoms with van der Waals surface area (Å²) in [6.45, 7) is 5.24. The largest absolute Gasteiger partial charge is 0.337 e. The van der Waals surface area contributed by atoms with Crippen LogP contribution >= 0.6 is 0 Å². The Morgan fingerprint density at radius 1 is 1.59 bits per heavy atom. The van der Waals surface area contributed by atoms with Gasteiger partial charge in [0.25, 0.3) is 5.91 Å². The van der Waals surface area contributed by atoms with E-state index in [-0.39, 0.29) is 5.91 Å². The Labute approximate surface area is 102 Å². The van der Waals surface area contributed by atoms with Gasteiger partial charge in [0.15, 0.2) is 0 Å². The van der Waals surface area contributed by atoms with Crippen molar-refractivity contribution >= 4 is 5.91 Å². The Balaban J connectivity index is 2.76. The molecule has 1 aromatic heterocycles. The van der Waals surface area contributed by atoms with Crippen molar-refractivity contribution in [3.05, 3.63) is 30.1 Å². The molecule has 0 aromatic carbocycles. The zero-order valence-electron chi connectivity index (χ0n) is 10.3. The van der Waals surface area contributed by atoms with Crippen LogP contribution in [0.4, 0.5) is 0 Å². The predicted molar refractivity (Wildman–Crippen MR) is 65.2 cm³/mol. The van der Waals surface area contributed by atoms with Crippen LogP contribution in [0.2, 0.25) is 0 Å². The first-order valence-corrected chi connectivity index (χ1v) is 5.71. The Kier molecular flexibility index (Phi) is 5.15. The third-order valence-corrected chi connectivity index (χ3v) is 2.27. The summed E-state index contributed by atoms with van der Waals surface area (Å²) >= 11 is 0. The summed E-state index contributed by atoms with van der Waals surface area (Å²) in [4.78, 5) is 17.8. The molecule has 0 N–H and O–H groups in total. The van der Waals surface area contributed by atoms with Gasteiger partial charge in [-0.1, -0.05) is 13.8 Å². The molecular formula is C13H17N3O. The van der Waals surface area contributed by atoms with Gasteiger partial charge in [-0.25, -0.2) is 0 Å². The first-order chi connectivity index (χ1) is 8.15. The average Bonchev–Trinajstić information content (AvgIpc) is 2.34. The van der Waals surface area contributed by atoms with Crippen LogP contribution in [0.1, 0.15) is 30.6 Å². The van der Waals surface area contributed by atoms with E-state index in [4.69, 9.17) is 5.26 Å². The molecule has 0 spiro atoms. The van der Waals surface area contributed by atoms with E-state index in [2.05, 4.69) is 24.9 Å². The number of nitrogens with zero attached hydrogens (tertiary/aromatic N) is 3. The molecule has 0 aliphatic heterocycles. The molecule has 4 nitrogen and oxygen atoms in total. The molecule has 0 unspecified atom stereocenters. The molecule has 1 amide bonds. The Hall–Kier alpha value is -1.89. The maximum atomic E-state index is 12.2. The van der Waals surface area contributed by atoms with Crippen LogP contribution in [0.25, 0.3) is 0 Å². The van der Waals surface area contributed by atoms with Crippen LogP contribution in [0.15, 0.2) is 24.5 Å². The van der Waals surface area contributed by atoms with E-state index in [1.165, 1.54) is 0 Å². The fourth-order valence-corrected chi connectivity index (χ4v) is 1.57. The monoisotopic (exact) mass is 231 g/mol. The molecule has 0 atom stereocenters. The van der Waals surface area contributed by atoms with Gasteiger partial charge >= 0.3 is 0 Å². The third kappa shape index (κ3) is 4.23. The molecule has 17 heavy (non-hydrogen) atoms. The average molecular weight is 231 g/mol. The molecule has 0 radical (unpaired) electrons. The summed E-state index contributed by atoms with van der Waals surface area (Å²) in [6, 6.07) is 5.55. The van der Waals surface area contributed by atoms with E-state index >= 15 is 0 Å². The van der Waals surface area contributed by atoms with Crippen molar-refractivity contribution in [1.29, 1.82) is 5.26 Å². The van der Waals surface area contributed by atoms with Gasteiger partial charge in [-0.15, -0.1) is 0 Å². The van der Waals surface area contributed by atoms with Crippen molar-refractivity contribution in [3.63, 3.8) is 0 Å². The maximum Gasteiger partial charge on any atom is 0.255 e. The van der Waals surface area contributed by atoms with Crippen LogP contribution in [0, 0.1) is 17.2 Å². The van der Waals surface area contributed by atoms with Crippen molar-refractivity contribution in [1.82, 2.24) is 9.88 Å². The van der Waals surface area contributed by atoms with E-state index in [0.29, 0.717) is 31.0 Å². The number of aromatic nitrogens is 1. The van der Waals surface area contributed by atoms with Gasteiger partial charge in [0, 0.05) is 25.5 Å². The third-order valence-electron chi connectivity index (χ3n) is 2.27. The smallest absolute Gasteiger partial charge is 0.255 e. The van der Waals surface area contributed by atoms with Gasteiger partial charge in [-0.2, -0.15) is 5.26 Å². The van der Waals surface area contributed by atoms with Gasteiger partial charge in [0.05, 0.1) is 18.1 Å². The molecule has 0 fully saturated rings. The van der Waals surface area contributed by atoms with Crippen LogP contribution in [-0.2, 0) is 0 Å². The normalized spacial score (nSPS) is 10.0. The van der Waals surface area contributed by atoms with E-state index in [1.54, 1.807) is 29.4 Å². The number of nitriles is 1. The van der Waals surface area contributed by atoms with Crippen molar-refractivity contribution in [2.45, 2.75) is 20.3 Å². The highest BCUT2D eigenvalue weighted by atomic mass is 16.2. The highest BCUT2D eigenvalue weighted by molar-refractivity contribution is 5.93. The highest BCUT2D eigenvalue weighted by Gasteiger charge is 2.16. The van der Waals surface area contributed by atoms with Crippen LogP contribution in [0.5, 0.6) is 0 Å². The van der Waals surface area contributed by atoms with Crippen molar-refractivity contribution in [2.75, 3.05) is 13.1 Å². The Morgan fingerprint density at radius 2 is 2.35 bits per heavy atom. The van der Waals surface area contributed by atoms with Crippen LogP contribution in [0.3, 0.4) is 0 Å². The number of carbonyl (C=O) groups excluding carboxylic acids is 1. The highest BCUT2D eigenvalue weighted by Crippen LogP contribution is 2.07. The molecule has 0 bridgehead atoms. The second-order valence-electron chi connectivity index (χ2n) is 4.29. The second-order valence-corrected chi connectivity index (χ2v) is 4.29. The Bertz CT molecular complexity index is 395. The van der Waals surface area contributed by atoms with Crippen LogP contribution < -0.4 is 0 Å². The molecule has 0 aliphatic carbocycles. The minimum Gasteiger partial charge on any atom is -0.337 e. The van der Waals surface area contributed by atoms with Gasteiger partial charge in [0.1, 0.15) is 0 Å². The minimum atomic E-state index is -0.0537. The molecule has 1 heterocycles. The molecule has 1 aromatic rings. The summed E-state index contributed by atoms with van der Waals surface area (Å²) in [6.07, 6.45) is 3.56. The summed E-state index contributed by atoms with van der Waals surface area (Å²) in [5.74, 6) is 0.330. The molecule has 0 aliphatic rings. The lowest BCUT2D eigenvalue weighted by Crippen LogP contribution is -2.35. The van der Waals surface area contributed by atoms with Crippen LogP contribution in [-0.4, -0.2) is 28.9 Å². The summed E-state index contributed by atoms with van der Waals surface area (Å²) < 4.78 is 0. The van der Waals surface area contributed by atoms with Crippen molar-refractivity contribution in [3.8, 4) is 6.07 Å². The zero-order valence-corrected chi connectivity index (χ0v) is 10.3. The molecule has 4 heteroatoms. The molecule has 0 saturated carbocycles. The number of rotatable bonds is 5. The molecule has 90 valence electrons. The summed E-state index contributed by atoms with van der Waals surface area (Å²) in [5.41, 5.74) is 0.575. The molecule has 0 saturated heterocycles. The van der Waals surface area contributed by atoms with E-state index in [1.807, 2.05) is 0 Å². The van der Waals surface area contributed by atoms with Gasteiger partial charge in [-0.3, -0.25) is 9.78 Å². The van der Waals surface area contributed by atoms with Crippen molar-refractivity contribution in [2.24, 2.45) is 5.92 Å². The number of carbonyl (C=O) groups is 1. The number of pyridine rings is 1. The van der Waals surface area contributed by atoms with Gasteiger partial charge in [-0.05, 0) is 18.1 Å². The van der Waals surface area contributed by atoms with E-state index in [0.717, 1.165) is 0 Å². The fraction of sp³-hybridized carbons (Fsp3) is 0.462. The summed E-state index contributed by atoms with van der Waals surface area (Å²) in [7, 11) is 0. The fourth-order valence-electron chi connectivity index (χ4n) is 1.57. The van der Waals surface area contributed by atoms with E-state index in [9.17, 15) is 4.79 Å². The molecule has 1 rings (SSSR count). The first kappa shape index (κ1) is 13.2. The first-order valence-electron chi connectivity index (χ1n) is 5.71. The maximum absolute atomic E-state index is 12.2. The van der Waals surface area contributed by atoms with Gasteiger partial charge < -0.3 is 4.90 Å². The number of amides is 1. The summed E-state index contributed by atoms with van der Waals surface area (Å²) in [5, 5.41) is 8.60. The lowest BCUT2D eigenvalue weighted by atomic mass is 10.1. The SMILES string of the molecule is CC(C)CN(CCC#N)C(=O)c1cccnc1. The predicted octanol–water partition coefficient (Wildman–Crippen LogP) is 2.09. The van der Waals surface area contributed by atoms with Crippen molar-refractivity contribution < 1.29 is 4.79 Å². The van der Waals surface area contributed by atoms with Gasteiger partial charge in [0.2, 0.25) is 0 Å².